The molecule has 2 heteroatoms. The van der Waals surface area contributed by atoms with E-state index < -0.39 is 0 Å². The van der Waals surface area contributed by atoms with Gasteiger partial charge < -0.3 is 5.73 Å². The molecule has 2 nitrogen and oxygen atoms in total. The number of pyridine rings is 1. The van der Waals surface area contributed by atoms with Gasteiger partial charge in [-0.1, -0.05) is 12.7 Å². The van der Waals surface area contributed by atoms with Crippen molar-refractivity contribution in [2.24, 2.45) is 5.73 Å². The average Bonchev–Trinajstić information content (AvgIpc) is 2.04. The fourth-order valence-corrected chi connectivity index (χ4v) is 0.988. The van der Waals surface area contributed by atoms with Crippen LogP contribution in [-0.4, -0.2) is 4.98 Å². The first-order valence-corrected chi connectivity index (χ1v) is 3.56. The summed E-state index contributed by atoms with van der Waals surface area (Å²) in [7, 11) is 0. The topological polar surface area (TPSA) is 38.9 Å². The highest BCUT2D eigenvalue weighted by Gasteiger charge is 1.96. The molecule has 0 aliphatic rings. The lowest BCUT2D eigenvalue weighted by Crippen LogP contribution is -2.00. The van der Waals surface area contributed by atoms with Gasteiger partial charge >= 0.3 is 0 Å². The molecule has 0 fully saturated rings. The van der Waals surface area contributed by atoms with Crippen LogP contribution in [0.25, 0.3) is 6.08 Å². The molecule has 1 aromatic rings. The second-order valence-corrected chi connectivity index (χ2v) is 2.43. The largest absolute Gasteiger partial charge is 0.326 e. The summed E-state index contributed by atoms with van der Waals surface area (Å²) >= 11 is 0. The van der Waals surface area contributed by atoms with Crippen LogP contribution < -0.4 is 5.73 Å². The molecule has 0 atom stereocenters. The van der Waals surface area contributed by atoms with Gasteiger partial charge in [-0.25, -0.2) is 0 Å². The first-order valence-electron chi connectivity index (χ1n) is 3.56. The van der Waals surface area contributed by atoms with Gasteiger partial charge in [0.1, 0.15) is 0 Å². The number of nitrogens with two attached hydrogens (primary N) is 1. The Morgan fingerprint density at radius 1 is 1.73 bits per heavy atom. The Hall–Kier alpha value is -1.15. The lowest BCUT2D eigenvalue weighted by Gasteiger charge is -2.02. The fourth-order valence-electron chi connectivity index (χ4n) is 0.988. The van der Waals surface area contributed by atoms with Gasteiger partial charge in [0.25, 0.3) is 0 Å². The van der Waals surface area contributed by atoms with Crippen LogP contribution in [0.2, 0.25) is 0 Å². The summed E-state index contributed by atoms with van der Waals surface area (Å²) in [5, 5.41) is 0. The minimum atomic E-state index is 0.546. The normalized spacial score (nSPS) is 9.64. The summed E-state index contributed by atoms with van der Waals surface area (Å²) in [5.41, 5.74) is 8.65. The number of aryl methyl sites for hydroxylation is 1. The van der Waals surface area contributed by atoms with Crippen molar-refractivity contribution < 1.29 is 0 Å². The lowest BCUT2D eigenvalue weighted by atomic mass is 10.1. The van der Waals surface area contributed by atoms with Crippen molar-refractivity contribution in [3.8, 4) is 0 Å². The summed E-state index contributed by atoms with van der Waals surface area (Å²) in [4.78, 5) is 4.13. The highest BCUT2D eigenvalue weighted by Crippen LogP contribution is 2.09. The molecule has 1 aromatic heterocycles. The van der Waals surface area contributed by atoms with Crippen molar-refractivity contribution in [2.45, 2.75) is 13.5 Å². The maximum absolute atomic E-state index is 5.52. The first-order chi connectivity index (χ1) is 5.27. The number of hydrogen-bond acceptors (Lipinski definition) is 2. The summed E-state index contributed by atoms with van der Waals surface area (Å²) < 4.78 is 0. The van der Waals surface area contributed by atoms with Crippen molar-refractivity contribution in [2.75, 3.05) is 0 Å². The Labute approximate surface area is 66.8 Å². The maximum atomic E-state index is 5.52. The molecular weight excluding hydrogens is 136 g/mol. The molecule has 0 amide bonds. The highest BCUT2D eigenvalue weighted by molar-refractivity contribution is 5.50. The third-order valence-corrected chi connectivity index (χ3v) is 1.60. The van der Waals surface area contributed by atoms with E-state index >= 15 is 0 Å². The molecule has 58 valence electrons. The van der Waals surface area contributed by atoms with E-state index in [4.69, 9.17) is 5.73 Å². The Morgan fingerprint density at radius 2 is 2.45 bits per heavy atom. The first kappa shape index (κ1) is 7.95. The molecule has 0 radical (unpaired) electrons. The van der Waals surface area contributed by atoms with E-state index in [0.717, 1.165) is 16.8 Å². The van der Waals surface area contributed by atoms with E-state index in [-0.39, 0.29) is 0 Å². The fraction of sp³-hybridized carbons (Fsp3) is 0.222. The van der Waals surface area contributed by atoms with Crippen molar-refractivity contribution >= 4 is 6.08 Å². The molecule has 0 unspecified atom stereocenters. The van der Waals surface area contributed by atoms with Gasteiger partial charge in [0.2, 0.25) is 0 Å². The standard InChI is InChI=1S/C9H12N2/c1-3-8-6-11-7(2)4-9(8)5-10/h3-4,6H,1,5,10H2,2H3. The Morgan fingerprint density at radius 3 is 3.00 bits per heavy atom. The Bertz CT molecular complexity index is 266. The van der Waals surface area contributed by atoms with Crippen molar-refractivity contribution in [3.05, 3.63) is 35.7 Å². The van der Waals surface area contributed by atoms with Gasteiger partial charge in [-0.3, -0.25) is 4.98 Å². The number of aromatic nitrogens is 1. The van der Waals surface area contributed by atoms with E-state index in [1.165, 1.54) is 0 Å². The monoisotopic (exact) mass is 148 g/mol. The zero-order valence-corrected chi connectivity index (χ0v) is 6.67. The second-order valence-electron chi connectivity index (χ2n) is 2.43. The van der Waals surface area contributed by atoms with Gasteiger partial charge in [-0.2, -0.15) is 0 Å². The Kier molecular flexibility index (Phi) is 2.39. The van der Waals surface area contributed by atoms with Crippen LogP contribution in [0.1, 0.15) is 16.8 Å². The summed E-state index contributed by atoms with van der Waals surface area (Å²) in [6, 6.07) is 1.98. The minimum absolute atomic E-state index is 0.546. The molecular formula is C9H12N2. The average molecular weight is 148 g/mol. The second kappa shape index (κ2) is 3.30. The predicted molar refractivity (Wildman–Crippen MR) is 47.0 cm³/mol. The van der Waals surface area contributed by atoms with Gasteiger partial charge in [-0.05, 0) is 24.1 Å². The molecule has 1 heterocycles. The molecule has 0 spiro atoms. The molecule has 2 N–H and O–H groups in total. The van der Waals surface area contributed by atoms with Crippen LogP contribution in [0, 0.1) is 6.92 Å². The van der Waals surface area contributed by atoms with Crippen LogP contribution in [0.4, 0.5) is 0 Å². The minimum Gasteiger partial charge on any atom is -0.326 e. The van der Waals surface area contributed by atoms with Crippen LogP contribution in [0.15, 0.2) is 18.8 Å². The molecule has 0 aromatic carbocycles. The van der Waals surface area contributed by atoms with Gasteiger partial charge in [-0.15, -0.1) is 0 Å². The molecule has 1 rings (SSSR count). The van der Waals surface area contributed by atoms with Crippen LogP contribution in [-0.2, 0) is 6.54 Å². The molecule has 0 saturated heterocycles. The molecule has 0 aliphatic heterocycles. The summed E-state index contributed by atoms with van der Waals surface area (Å²) in [5.74, 6) is 0. The van der Waals surface area contributed by atoms with Crippen molar-refractivity contribution in [1.29, 1.82) is 0 Å². The van der Waals surface area contributed by atoms with Gasteiger partial charge in [0, 0.05) is 18.4 Å². The zero-order chi connectivity index (χ0) is 8.27. The van der Waals surface area contributed by atoms with Crippen LogP contribution >= 0.6 is 0 Å². The van der Waals surface area contributed by atoms with E-state index in [2.05, 4.69) is 11.6 Å². The third-order valence-electron chi connectivity index (χ3n) is 1.60. The molecule has 0 bridgehead atoms. The molecule has 0 saturated carbocycles. The summed E-state index contributed by atoms with van der Waals surface area (Å²) in [6.45, 7) is 6.17. The predicted octanol–water partition coefficient (Wildman–Crippen LogP) is 1.49. The van der Waals surface area contributed by atoms with Gasteiger partial charge in [0.05, 0.1) is 0 Å². The van der Waals surface area contributed by atoms with E-state index in [1.54, 1.807) is 12.3 Å². The number of rotatable bonds is 2. The smallest absolute Gasteiger partial charge is 0.0376 e. The van der Waals surface area contributed by atoms with Crippen LogP contribution in [0.3, 0.4) is 0 Å². The maximum Gasteiger partial charge on any atom is 0.0376 e. The van der Waals surface area contributed by atoms with Gasteiger partial charge in [0.15, 0.2) is 0 Å². The van der Waals surface area contributed by atoms with Crippen molar-refractivity contribution in [3.63, 3.8) is 0 Å². The number of nitrogens with zero attached hydrogens (tertiary/aromatic N) is 1. The third kappa shape index (κ3) is 1.65. The highest BCUT2D eigenvalue weighted by atomic mass is 14.7. The molecule has 11 heavy (non-hydrogen) atoms. The SMILES string of the molecule is C=Cc1cnc(C)cc1CN. The summed E-state index contributed by atoms with van der Waals surface area (Å²) in [6.07, 6.45) is 3.57. The Balaban J connectivity index is 3.16. The quantitative estimate of drug-likeness (QED) is 0.690. The lowest BCUT2D eigenvalue weighted by molar-refractivity contribution is 1.04. The number of hydrogen-bond donors (Lipinski definition) is 1. The molecule has 0 aliphatic carbocycles. The zero-order valence-electron chi connectivity index (χ0n) is 6.67. The van der Waals surface area contributed by atoms with Crippen molar-refractivity contribution in [1.82, 2.24) is 4.98 Å². The van der Waals surface area contributed by atoms with E-state index in [9.17, 15) is 0 Å². The van der Waals surface area contributed by atoms with Crippen LogP contribution in [0.5, 0.6) is 0 Å². The van der Waals surface area contributed by atoms with E-state index in [0.29, 0.717) is 6.54 Å². The van der Waals surface area contributed by atoms with E-state index in [1.807, 2.05) is 13.0 Å².